The second-order valence-electron chi connectivity index (χ2n) is 8.42. The van der Waals surface area contributed by atoms with Crippen molar-refractivity contribution in [1.29, 1.82) is 0 Å². The largest absolute Gasteiger partial charge is 0.494 e. The van der Waals surface area contributed by atoms with Gasteiger partial charge in [0.25, 0.3) is 0 Å². The molecule has 2 aromatic carbocycles. The van der Waals surface area contributed by atoms with E-state index in [0.29, 0.717) is 29.2 Å². The molecule has 2 atom stereocenters. The summed E-state index contributed by atoms with van der Waals surface area (Å²) in [5.74, 6) is 1.43. The predicted molar refractivity (Wildman–Crippen MR) is 131 cm³/mol. The van der Waals surface area contributed by atoms with E-state index in [9.17, 15) is 27.2 Å². The maximum absolute atomic E-state index is 13.6. The molecule has 0 fully saturated rings. The molecule has 0 radical (unpaired) electrons. The van der Waals surface area contributed by atoms with Gasteiger partial charge in [-0.05, 0) is 66.6 Å². The fourth-order valence-electron chi connectivity index (χ4n) is 4.00. The van der Waals surface area contributed by atoms with Gasteiger partial charge in [-0.15, -0.1) is 0 Å². The highest BCUT2D eigenvalue weighted by Crippen LogP contribution is 2.30. The Morgan fingerprint density at radius 3 is 2.47 bits per heavy atom. The Hall–Kier alpha value is -4.37. The lowest BCUT2D eigenvalue weighted by atomic mass is 9.90. The van der Waals surface area contributed by atoms with Gasteiger partial charge in [0.2, 0.25) is 0 Å². The molecule has 0 saturated carbocycles. The molecule has 1 aliphatic heterocycles. The zero-order valence-electron chi connectivity index (χ0n) is 20.2. The van der Waals surface area contributed by atoms with Crippen molar-refractivity contribution in [3.05, 3.63) is 95.0 Å². The maximum Gasteiger partial charge on any atom is 0.422 e. The van der Waals surface area contributed by atoms with Gasteiger partial charge in [-0.2, -0.15) is 18.3 Å². The number of halogens is 4. The zero-order valence-corrected chi connectivity index (χ0v) is 20.2. The molecule has 0 saturated heterocycles. The lowest BCUT2D eigenvalue weighted by Crippen LogP contribution is -2.42. The molecule has 38 heavy (non-hydrogen) atoms. The third kappa shape index (κ3) is 6.49. The zero-order chi connectivity index (χ0) is 27.3. The maximum atomic E-state index is 13.6. The van der Waals surface area contributed by atoms with Gasteiger partial charge in [0.05, 0.1) is 30.5 Å². The third-order valence-electron chi connectivity index (χ3n) is 5.77. The van der Waals surface area contributed by atoms with Crippen molar-refractivity contribution in [2.24, 2.45) is 5.10 Å². The van der Waals surface area contributed by atoms with Crippen LogP contribution < -0.4 is 10.1 Å². The van der Waals surface area contributed by atoms with E-state index in [1.165, 1.54) is 35.4 Å². The van der Waals surface area contributed by atoms with Crippen molar-refractivity contribution < 1.29 is 36.6 Å². The SMILES string of the molecule is CCOC1=CC(=C=O)C(NC(=O)N2CC(c3ccc(F)cc3)C(c3ccc(OCC(F)(F)F)cc3)=N2)C=C1. The Morgan fingerprint density at radius 2 is 1.84 bits per heavy atom. The van der Waals surface area contributed by atoms with E-state index in [-0.39, 0.29) is 17.9 Å². The fourth-order valence-corrected chi connectivity index (χ4v) is 4.00. The lowest BCUT2D eigenvalue weighted by Gasteiger charge is -2.21. The van der Waals surface area contributed by atoms with Crippen LogP contribution in [0.4, 0.5) is 22.4 Å². The highest BCUT2D eigenvalue weighted by atomic mass is 19.4. The minimum absolute atomic E-state index is 0.0225. The number of alkyl halides is 3. The quantitative estimate of drug-likeness (QED) is 0.409. The minimum atomic E-state index is -4.47. The van der Waals surface area contributed by atoms with Crippen LogP contribution >= 0.6 is 0 Å². The second-order valence-corrected chi connectivity index (χ2v) is 8.42. The number of hydrogen-bond acceptors (Lipinski definition) is 5. The lowest BCUT2D eigenvalue weighted by molar-refractivity contribution is -0.153. The van der Waals surface area contributed by atoms with Crippen LogP contribution in [-0.2, 0) is 9.53 Å². The third-order valence-corrected chi connectivity index (χ3v) is 5.77. The molecule has 0 aromatic heterocycles. The van der Waals surface area contributed by atoms with E-state index < -0.39 is 36.6 Å². The first-order valence-electron chi connectivity index (χ1n) is 11.7. The molecule has 1 aliphatic carbocycles. The molecule has 0 bridgehead atoms. The van der Waals surface area contributed by atoms with Crippen LogP contribution in [0, 0.1) is 5.82 Å². The van der Waals surface area contributed by atoms with Crippen LogP contribution in [0.3, 0.4) is 0 Å². The van der Waals surface area contributed by atoms with Gasteiger partial charge in [-0.3, -0.25) is 0 Å². The van der Waals surface area contributed by atoms with Crippen molar-refractivity contribution >= 4 is 17.7 Å². The number of benzene rings is 2. The first-order valence-corrected chi connectivity index (χ1v) is 11.7. The number of urea groups is 1. The Morgan fingerprint density at radius 1 is 1.13 bits per heavy atom. The molecular weight excluding hydrogens is 506 g/mol. The van der Waals surface area contributed by atoms with E-state index in [1.54, 1.807) is 43.3 Å². The van der Waals surface area contributed by atoms with Crippen LogP contribution in [-0.4, -0.2) is 54.7 Å². The Balaban J connectivity index is 1.56. The molecule has 2 amide bonds. The molecule has 1 heterocycles. The van der Waals surface area contributed by atoms with E-state index >= 15 is 0 Å². The molecule has 1 N–H and O–H groups in total. The molecule has 2 aromatic rings. The van der Waals surface area contributed by atoms with Gasteiger partial charge >= 0.3 is 12.2 Å². The van der Waals surface area contributed by atoms with Gasteiger partial charge in [-0.1, -0.05) is 18.2 Å². The molecule has 2 unspecified atom stereocenters. The first-order chi connectivity index (χ1) is 18.2. The number of amides is 2. The van der Waals surface area contributed by atoms with Crippen LogP contribution in [0.5, 0.6) is 5.75 Å². The number of allylic oxidation sites excluding steroid dienone is 1. The number of rotatable bonds is 7. The number of hydrogen-bond donors (Lipinski definition) is 1. The summed E-state index contributed by atoms with van der Waals surface area (Å²) < 4.78 is 61.1. The summed E-state index contributed by atoms with van der Waals surface area (Å²) >= 11 is 0. The monoisotopic (exact) mass is 529 g/mol. The standard InChI is InChI=1S/C27H23F4N3O4/c1-2-37-22-11-12-24(19(13-22)15-35)32-26(36)34-14-23(17-3-7-20(28)8-4-17)25(33-34)18-5-9-21(10-6-18)38-16-27(29,30)31/h3-13,23-24H,2,14,16H2,1H3,(H,32,36). The van der Waals surface area contributed by atoms with Crippen LogP contribution in [0.15, 0.2) is 83.2 Å². The Labute approximate surface area is 215 Å². The van der Waals surface area contributed by atoms with Gasteiger partial charge < -0.3 is 14.8 Å². The van der Waals surface area contributed by atoms with Crippen molar-refractivity contribution in [2.75, 3.05) is 19.8 Å². The van der Waals surface area contributed by atoms with Crippen molar-refractivity contribution in [2.45, 2.75) is 25.1 Å². The number of hydrazone groups is 1. The summed E-state index contributed by atoms with van der Waals surface area (Å²) in [5.41, 5.74) is 1.87. The number of carbonyl (C=O) groups is 1. The van der Waals surface area contributed by atoms with Crippen molar-refractivity contribution in [3.8, 4) is 5.75 Å². The summed E-state index contributed by atoms with van der Waals surface area (Å²) in [6.45, 7) is 0.893. The smallest absolute Gasteiger partial charge is 0.422 e. The molecule has 198 valence electrons. The van der Waals surface area contributed by atoms with Crippen molar-refractivity contribution in [3.63, 3.8) is 0 Å². The van der Waals surface area contributed by atoms with Gasteiger partial charge in [0.1, 0.15) is 23.3 Å². The summed E-state index contributed by atoms with van der Waals surface area (Å²) in [7, 11) is 0. The van der Waals surface area contributed by atoms with Crippen LogP contribution in [0.2, 0.25) is 0 Å². The minimum Gasteiger partial charge on any atom is -0.494 e. The summed E-state index contributed by atoms with van der Waals surface area (Å²) in [6, 6.07) is 10.2. The second kappa shape index (κ2) is 11.4. The van der Waals surface area contributed by atoms with Gasteiger partial charge in [0, 0.05) is 5.92 Å². The number of ether oxygens (including phenoxy) is 2. The van der Waals surface area contributed by atoms with Gasteiger partial charge in [-0.25, -0.2) is 19.0 Å². The molecule has 2 aliphatic rings. The van der Waals surface area contributed by atoms with E-state index in [0.717, 1.165) is 0 Å². The average Bonchev–Trinajstić information content (AvgIpc) is 3.34. The van der Waals surface area contributed by atoms with Crippen LogP contribution in [0.25, 0.3) is 0 Å². The van der Waals surface area contributed by atoms with E-state index in [4.69, 9.17) is 9.47 Å². The van der Waals surface area contributed by atoms with E-state index in [1.807, 2.05) is 5.94 Å². The molecular formula is C27H23F4N3O4. The molecule has 0 spiro atoms. The molecule has 7 nitrogen and oxygen atoms in total. The fraction of sp³-hybridized carbons (Fsp3) is 0.259. The highest BCUT2D eigenvalue weighted by molar-refractivity contribution is 6.07. The summed E-state index contributed by atoms with van der Waals surface area (Å²) in [6.07, 6.45) is 0.255. The summed E-state index contributed by atoms with van der Waals surface area (Å²) in [5, 5.41) is 8.38. The van der Waals surface area contributed by atoms with Crippen LogP contribution in [0.1, 0.15) is 24.0 Å². The topological polar surface area (TPSA) is 80.2 Å². The average molecular weight is 529 g/mol. The Bertz CT molecular complexity index is 1310. The summed E-state index contributed by atoms with van der Waals surface area (Å²) in [4.78, 5) is 24.6. The predicted octanol–water partition coefficient (Wildman–Crippen LogP) is 4.90. The molecule has 11 heteroatoms. The number of carbonyl (C=O) groups excluding carboxylic acids is 2. The van der Waals surface area contributed by atoms with Crippen molar-refractivity contribution in [1.82, 2.24) is 10.3 Å². The number of nitrogens with zero attached hydrogens (tertiary/aromatic N) is 2. The number of nitrogens with one attached hydrogen (secondary N) is 1. The molecule has 4 rings (SSSR count). The highest BCUT2D eigenvalue weighted by Gasteiger charge is 2.34. The first kappa shape index (κ1) is 26.7. The van der Waals surface area contributed by atoms with Gasteiger partial charge in [0.15, 0.2) is 6.61 Å². The Kier molecular flexibility index (Phi) is 7.97. The van der Waals surface area contributed by atoms with E-state index in [2.05, 4.69) is 10.4 Å². The normalized spacial score (nSPS) is 19.0.